The van der Waals surface area contributed by atoms with Crippen LogP contribution in [0, 0.1) is 0 Å². The number of hydrogen-bond donors (Lipinski definition) is 1. The fourth-order valence-corrected chi connectivity index (χ4v) is 2.54. The number of nitrogens with one attached hydrogen (secondary N) is 1. The second-order valence-corrected chi connectivity index (χ2v) is 5.64. The molecular weight excluding hydrogens is 348 g/mol. The lowest BCUT2D eigenvalue weighted by molar-refractivity contribution is -0.116. The Morgan fingerprint density at radius 1 is 1.04 bits per heavy atom. The Hall–Kier alpha value is -3.94. The van der Waals surface area contributed by atoms with Crippen molar-refractivity contribution in [2.24, 2.45) is 0 Å². The van der Waals surface area contributed by atoms with E-state index in [2.05, 4.69) is 15.3 Å². The highest BCUT2D eigenvalue weighted by Gasteiger charge is 2.12. The van der Waals surface area contributed by atoms with E-state index < -0.39 is 11.7 Å². The normalized spacial score (nSPS) is 10.7. The zero-order chi connectivity index (χ0) is 18.6. The van der Waals surface area contributed by atoms with Gasteiger partial charge in [0.25, 0.3) is 0 Å². The van der Waals surface area contributed by atoms with Crippen molar-refractivity contribution in [3.8, 4) is 11.8 Å². The van der Waals surface area contributed by atoms with Gasteiger partial charge in [-0.05, 0) is 24.3 Å². The Bertz CT molecular complexity index is 1130. The predicted octanol–water partition coefficient (Wildman–Crippen LogP) is 2.82. The molecule has 2 aromatic carbocycles. The van der Waals surface area contributed by atoms with E-state index in [4.69, 9.17) is 9.15 Å². The van der Waals surface area contributed by atoms with Crippen molar-refractivity contribution in [1.82, 2.24) is 14.5 Å². The van der Waals surface area contributed by atoms with Crippen molar-refractivity contribution in [2.45, 2.75) is 6.54 Å². The van der Waals surface area contributed by atoms with E-state index in [1.54, 1.807) is 36.4 Å². The summed E-state index contributed by atoms with van der Waals surface area (Å²) in [5.41, 5.74) is 1.38. The first kappa shape index (κ1) is 16.5. The molecule has 1 N–H and O–H groups in total. The minimum Gasteiger partial charge on any atom is -0.424 e. The third kappa shape index (κ3) is 3.69. The molecule has 0 saturated heterocycles. The number of amides is 1. The van der Waals surface area contributed by atoms with Crippen molar-refractivity contribution in [3.05, 3.63) is 77.5 Å². The molecule has 2 heterocycles. The molecule has 27 heavy (non-hydrogen) atoms. The van der Waals surface area contributed by atoms with Gasteiger partial charge in [0.2, 0.25) is 5.91 Å². The van der Waals surface area contributed by atoms with Crippen LogP contribution in [0.5, 0.6) is 11.8 Å². The number of anilines is 1. The zero-order valence-corrected chi connectivity index (χ0v) is 14.0. The van der Waals surface area contributed by atoms with Crippen LogP contribution >= 0.6 is 0 Å². The molecule has 0 aliphatic rings. The third-order valence-electron chi connectivity index (χ3n) is 3.74. The number of para-hydroxylation sites is 3. The van der Waals surface area contributed by atoms with E-state index in [-0.39, 0.29) is 12.6 Å². The van der Waals surface area contributed by atoms with E-state index in [9.17, 15) is 9.59 Å². The summed E-state index contributed by atoms with van der Waals surface area (Å²) < 4.78 is 11.9. The topological polar surface area (TPSA) is 99.2 Å². The number of oxazole rings is 1. The number of nitrogens with zero attached hydrogens (tertiary/aromatic N) is 3. The average Bonchev–Trinajstić information content (AvgIpc) is 2.99. The van der Waals surface area contributed by atoms with Crippen LogP contribution < -0.4 is 15.8 Å². The van der Waals surface area contributed by atoms with Gasteiger partial charge in [0, 0.05) is 0 Å². The molecule has 0 atom stereocenters. The van der Waals surface area contributed by atoms with Gasteiger partial charge in [-0.2, -0.15) is 0 Å². The molecule has 4 aromatic rings. The smallest absolute Gasteiger partial charge is 0.420 e. The summed E-state index contributed by atoms with van der Waals surface area (Å²) >= 11 is 0. The van der Waals surface area contributed by atoms with Gasteiger partial charge in [0.1, 0.15) is 12.3 Å². The Morgan fingerprint density at radius 2 is 1.74 bits per heavy atom. The van der Waals surface area contributed by atoms with Crippen LogP contribution in [0.25, 0.3) is 11.1 Å². The first-order valence-electron chi connectivity index (χ1n) is 8.12. The second kappa shape index (κ2) is 7.12. The molecule has 0 aliphatic carbocycles. The largest absolute Gasteiger partial charge is 0.424 e. The van der Waals surface area contributed by atoms with Crippen LogP contribution in [0.3, 0.4) is 0 Å². The molecule has 1 amide bonds. The SMILES string of the molecule is O=C(Cn1c(=O)oc2ccccc21)Nc1cnc(Oc2ccccc2)nc1. The number of carbonyl (C=O) groups excluding carboxylic acids is 1. The molecule has 8 heteroatoms. The standard InChI is InChI=1S/C19H14N4O4/c24-17(12-23-15-8-4-5-9-16(15)27-19(23)25)22-13-10-20-18(21-11-13)26-14-6-2-1-3-7-14/h1-11H,12H2,(H,22,24). The van der Waals surface area contributed by atoms with Crippen LogP contribution in [0.1, 0.15) is 0 Å². The fourth-order valence-electron chi connectivity index (χ4n) is 2.54. The highest BCUT2D eigenvalue weighted by atomic mass is 16.5. The number of ether oxygens (including phenoxy) is 1. The Labute approximate surface area is 153 Å². The minimum atomic E-state index is -0.589. The number of hydrogen-bond acceptors (Lipinski definition) is 6. The van der Waals surface area contributed by atoms with Gasteiger partial charge in [-0.1, -0.05) is 30.3 Å². The summed E-state index contributed by atoms with van der Waals surface area (Å²) in [5, 5.41) is 2.64. The number of fused-ring (bicyclic) bond motifs is 1. The average molecular weight is 362 g/mol. The maximum atomic E-state index is 12.3. The third-order valence-corrected chi connectivity index (χ3v) is 3.74. The molecular formula is C19H14N4O4. The number of carbonyl (C=O) groups is 1. The van der Waals surface area contributed by atoms with E-state index in [0.717, 1.165) is 0 Å². The zero-order valence-electron chi connectivity index (χ0n) is 14.0. The summed E-state index contributed by atoms with van der Waals surface area (Å²) in [7, 11) is 0. The van der Waals surface area contributed by atoms with Gasteiger partial charge in [0.05, 0.1) is 23.6 Å². The van der Waals surface area contributed by atoms with Crippen molar-refractivity contribution in [1.29, 1.82) is 0 Å². The van der Waals surface area contributed by atoms with Crippen LogP contribution in [-0.4, -0.2) is 20.4 Å². The van der Waals surface area contributed by atoms with E-state index in [0.29, 0.717) is 22.5 Å². The summed E-state index contributed by atoms with van der Waals surface area (Å²) in [6, 6.07) is 16.2. The maximum absolute atomic E-state index is 12.3. The summed E-state index contributed by atoms with van der Waals surface area (Å²) in [6.07, 6.45) is 2.86. The molecule has 0 bridgehead atoms. The van der Waals surface area contributed by atoms with Gasteiger partial charge in [0.15, 0.2) is 5.58 Å². The van der Waals surface area contributed by atoms with E-state index in [1.807, 2.05) is 18.2 Å². The molecule has 0 saturated carbocycles. The molecule has 0 fully saturated rings. The summed E-state index contributed by atoms with van der Waals surface area (Å²) in [5.74, 6) is -0.376. The summed E-state index contributed by atoms with van der Waals surface area (Å²) in [6.45, 7) is -0.182. The second-order valence-electron chi connectivity index (χ2n) is 5.64. The fraction of sp³-hybridized carbons (Fsp3) is 0.0526. The molecule has 4 rings (SSSR count). The Kier molecular flexibility index (Phi) is 4.36. The minimum absolute atomic E-state index is 0.163. The monoisotopic (exact) mass is 362 g/mol. The van der Waals surface area contributed by atoms with Gasteiger partial charge in [-0.15, -0.1) is 0 Å². The predicted molar refractivity (Wildman–Crippen MR) is 97.7 cm³/mol. The van der Waals surface area contributed by atoms with Crippen LogP contribution in [-0.2, 0) is 11.3 Å². The Balaban J connectivity index is 1.43. The lowest BCUT2D eigenvalue weighted by Crippen LogP contribution is -2.24. The van der Waals surface area contributed by atoms with Crippen LogP contribution in [0.2, 0.25) is 0 Å². The number of rotatable bonds is 5. The molecule has 0 aliphatic heterocycles. The first-order valence-corrected chi connectivity index (χ1v) is 8.12. The molecule has 2 aromatic heterocycles. The lowest BCUT2D eigenvalue weighted by atomic mass is 10.3. The highest BCUT2D eigenvalue weighted by molar-refractivity contribution is 5.91. The molecule has 0 unspecified atom stereocenters. The van der Waals surface area contributed by atoms with Gasteiger partial charge in [-0.3, -0.25) is 9.36 Å². The van der Waals surface area contributed by atoms with E-state index >= 15 is 0 Å². The highest BCUT2D eigenvalue weighted by Crippen LogP contribution is 2.17. The number of benzene rings is 2. The van der Waals surface area contributed by atoms with Crippen LogP contribution in [0.4, 0.5) is 5.69 Å². The van der Waals surface area contributed by atoms with Crippen LogP contribution in [0.15, 0.2) is 76.2 Å². The summed E-state index contributed by atoms with van der Waals surface area (Å²) in [4.78, 5) is 32.3. The van der Waals surface area contributed by atoms with Crippen molar-refractivity contribution < 1.29 is 13.9 Å². The molecule has 0 radical (unpaired) electrons. The Morgan fingerprint density at radius 3 is 2.52 bits per heavy atom. The molecule has 0 spiro atoms. The van der Waals surface area contributed by atoms with Gasteiger partial charge < -0.3 is 14.5 Å². The number of aromatic nitrogens is 3. The van der Waals surface area contributed by atoms with Crippen molar-refractivity contribution in [2.75, 3.05) is 5.32 Å². The quantitative estimate of drug-likeness (QED) is 0.586. The first-order chi connectivity index (χ1) is 13.2. The molecule has 8 nitrogen and oxygen atoms in total. The van der Waals surface area contributed by atoms with E-state index in [1.165, 1.54) is 17.0 Å². The van der Waals surface area contributed by atoms with Gasteiger partial charge in [-0.25, -0.2) is 14.8 Å². The molecule has 134 valence electrons. The van der Waals surface area contributed by atoms with Crippen molar-refractivity contribution in [3.63, 3.8) is 0 Å². The lowest BCUT2D eigenvalue weighted by Gasteiger charge is -2.06. The van der Waals surface area contributed by atoms with Gasteiger partial charge >= 0.3 is 11.8 Å². The van der Waals surface area contributed by atoms with Crippen molar-refractivity contribution >= 4 is 22.7 Å². The maximum Gasteiger partial charge on any atom is 0.420 e.